The van der Waals surface area contributed by atoms with Gasteiger partial charge in [-0.15, -0.1) is 0 Å². The number of carbonyl (C=O) groups is 2. The van der Waals surface area contributed by atoms with E-state index in [2.05, 4.69) is 21.2 Å². The Morgan fingerprint density at radius 2 is 1.53 bits per heavy atom. The van der Waals surface area contributed by atoms with Crippen molar-refractivity contribution in [2.45, 2.75) is 50.7 Å². The highest BCUT2D eigenvalue weighted by atomic mass is 79.9. The lowest BCUT2D eigenvalue weighted by Gasteiger charge is -2.33. The molecule has 0 aliphatic carbocycles. The number of hydrogen-bond donors (Lipinski definition) is 1. The topological polar surface area (TPSA) is 86.8 Å². The molecule has 1 N–H and O–H groups in total. The minimum Gasteiger partial charge on any atom is -0.350 e. The maximum atomic E-state index is 13.9. The number of hydrogen-bond acceptors (Lipinski definition) is 4. The minimum absolute atomic E-state index is 0.0542. The molecule has 202 valence electrons. The second kappa shape index (κ2) is 12.3. The van der Waals surface area contributed by atoms with Crippen LogP contribution in [0.5, 0.6) is 0 Å². The van der Waals surface area contributed by atoms with Gasteiger partial charge in [-0.1, -0.05) is 57.9 Å². The highest BCUT2D eigenvalue weighted by molar-refractivity contribution is 9.10. The van der Waals surface area contributed by atoms with Gasteiger partial charge in [0.05, 0.1) is 10.6 Å². The summed E-state index contributed by atoms with van der Waals surface area (Å²) in [5.41, 5.74) is 0.559. The first-order valence-corrected chi connectivity index (χ1v) is 14.6. The van der Waals surface area contributed by atoms with E-state index in [4.69, 9.17) is 11.6 Å². The number of halogens is 2. The third-order valence-corrected chi connectivity index (χ3v) is 8.23. The van der Waals surface area contributed by atoms with Crippen LogP contribution in [-0.4, -0.2) is 43.3 Å². The first kappa shape index (κ1) is 29.7. The van der Waals surface area contributed by atoms with Crippen LogP contribution >= 0.6 is 27.5 Å². The Morgan fingerprint density at radius 3 is 2.08 bits per heavy atom. The Morgan fingerprint density at radius 1 is 0.947 bits per heavy atom. The van der Waals surface area contributed by atoms with Crippen molar-refractivity contribution in [2.75, 3.05) is 10.8 Å². The number of anilines is 1. The highest BCUT2D eigenvalue weighted by Crippen LogP contribution is 2.26. The van der Waals surface area contributed by atoms with Crippen molar-refractivity contribution >= 4 is 55.1 Å². The van der Waals surface area contributed by atoms with Gasteiger partial charge < -0.3 is 10.2 Å². The van der Waals surface area contributed by atoms with Crippen LogP contribution in [0.4, 0.5) is 5.69 Å². The summed E-state index contributed by atoms with van der Waals surface area (Å²) in [6, 6.07) is 20.7. The minimum atomic E-state index is -4.10. The predicted molar refractivity (Wildman–Crippen MR) is 154 cm³/mol. The standard InChI is InChI=1S/C28H31BrClN3O4S/c1-20(27(35)31-28(2,3)4)32(18-21-10-14-23(30)15-11-21)26(34)19-33(24-16-12-22(29)13-17-24)38(36,37)25-8-6-5-7-9-25/h5-17,20H,18-19H2,1-4H3,(H,31,35)/t20-/m0/s1. The molecule has 0 bridgehead atoms. The summed E-state index contributed by atoms with van der Waals surface area (Å²) in [6.45, 7) is 6.78. The predicted octanol–water partition coefficient (Wildman–Crippen LogP) is 5.63. The number of nitrogens with one attached hydrogen (secondary N) is 1. The average molecular weight is 621 g/mol. The SMILES string of the molecule is C[C@@H](C(=O)NC(C)(C)C)N(Cc1ccc(Cl)cc1)C(=O)CN(c1ccc(Br)cc1)S(=O)(=O)c1ccccc1. The fraction of sp³-hybridized carbons (Fsp3) is 0.286. The van der Waals surface area contributed by atoms with Crippen LogP contribution in [0.1, 0.15) is 33.3 Å². The molecule has 0 radical (unpaired) electrons. The molecule has 10 heteroatoms. The largest absolute Gasteiger partial charge is 0.350 e. The number of rotatable bonds is 9. The van der Waals surface area contributed by atoms with E-state index in [0.717, 1.165) is 14.3 Å². The van der Waals surface area contributed by atoms with Gasteiger partial charge in [-0.3, -0.25) is 13.9 Å². The molecule has 0 heterocycles. The quantitative estimate of drug-likeness (QED) is 0.336. The highest BCUT2D eigenvalue weighted by Gasteiger charge is 2.33. The van der Waals surface area contributed by atoms with E-state index in [1.165, 1.54) is 17.0 Å². The van der Waals surface area contributed by atoms with Crippen molar-refractivity contribution in [1.82, 2.24) is 10.2 Å². The monoisotopic (exact) mass is 619 g/mol. The summed E-state index contributed by atoms with van der Waals surface area (Å²) in [7, 11) is -4.10. The number of benzene rings is 3. The summed E-state index contributed by atoms with van der Waals surface area (Å²) in [5.74, 6) is -0.875. The first-order chi connectivity index (χ1) is 17.8. The third kappa shape index (κ3) is 7.82. The molecule has 3 aromatic rings. The maximum absolute atomic E-state index is 13.9. The molecule has 1 atom stereocenters. The van der Waals surface area contributed by atoms with Gasteiger partial charge in [0.2, 0.25) is 11.8 Å². The second-order valence-electron chi connectivity index (χ2n) is 9.86. The van der Waals surface area contributed by atoms with E-state index in [9.17, 15) is 18.0 Å². The smallest absolute Gasteiger partial charge is 0.264 e. The molecule has 0 aromatic heterocycles. The lowest BCUT2D eigenvalue weighted by Crippen LogP contribution is -2.54. The van der Waals surface area contributed by atoms with Gasteiger partial charge >= 0.3 is 0 Å². The molecule has 38 heavy (non-hydrogen) atoms. The molecule has 0 aliphatic heterocycles. The van der Waals surface area contributed by atoms with Gasteiger partial charge in [-0.25, -0.2) is 8.42 Å². The molecule has 0 spiro atoms. The van der Waals surface area contributed by atoms with Gasteiger partial charge in [0.1, 0.15) is 12.6 Å². The number of sulfonamides is 1. The van der Waals surface area contributed by atoms with E-state index in [1.807, 2.05) is 20.8 Å². The Hall–Kier alpha value is -2.88. The molecule has 0 saturated carbocycles. The third-order valence-electron chi connectivity index (χ3n) is 5.66. The Bertz CT molecular complexity index is 1360. The summed E-state index contributed by atoms with van der Waals surface area (Å²) < 4.78 is 29.3. The molecule has 7 nitrogen and oxygen atoms in total. The normalized spacial score (nSPS) is 12.5. The molecule has 3 aromatic carbocycles. The summed E-state index contributed by atoms with van der Waals surface area (Å²) >= 11 is 9.40. The van der Waals surface area contributed by atoms with Crippen LogP contribution < -0.4 is 9.62 Å². The zero-order valence-corrected chi connectivity index (χ0v) is 24.8. The van der Waals surface area contributed by atoms with Crippen LogP contribution in [0.2, 0.25) is 5.02 Å². The van der Waals surface area contributed by atoms with Crippen LogP contribution in [0.15, 0.2) is 88.2 Å². The van der Waals surface area contributed by atoms with E-state index in [-0.39, 0.29) is 17.3 Å². The van der Waals surface area contributed by atoms with E-state index in [1.54, 1.807) is 73.7 Å². The fourth-order valence-corrected chi connectivity index (χ4v) is 5.52. The Labute approximate surface area is 238 Å². The molecule has 2 amide bonds. The molecule has 0 aliphatic rings. The molecule has 3 rings (SSSR count). The van der Waals surface area contributed by atoms with Crippen molar-refractivity contribution < 1.29 is 18.0 Å². The summed E-state index contributed by atoms with van der Waals surface area (Å²) in [6.07, 6.45) is 0. The van der Waals surface area contributed by atoms with Crippen molar-refractivity contribution in [3.8, 4) is 0 Å². The van der Waals surface area contributed by atoms with Gasteiger partial charge in [0, 0.05) is 21.6 Å². The van der Waals surface area contributed by atoms with Gasteiger partial charge in [0.25, 0.3) is 10.0 Å². The number of amides is 2. The van der Waals surface area contributed by atoms with E-state index in [0.29, 0.717) is 10.7 Å². The number of nitrogens with zero attached hydrogens (tertiary/aromatic N) is 2. The second-order valence-corrected chi connectivity index (χ2v) is 13.1. The molecule has 0 fully saturated rings. The van der Waals surface area contributed by atoms with Gasteiger partial charge in [0.15, 0.2) is 0 Å². The summed E-state index contributed by atoms with van der Waals surface area (Å²) in [5, 5.41) is 3.45. The Balaban J connectivity index is 2.01. The van der Waals surface area contributed by atoms with Crippen LogP contribution in [0.25, 0.3) is 0 Å². The Kier molecular flexibility index (Phi) is 9.62. The van der Waals surface area contributed by atoms with Gasteiger partial charge in [-0.05, 0) is 81.8 Å². The molecule has 0 unspecified atom stereocenters. The number of carbonyl (C=O) groups excluding carboxylic acids is 2. The van der Waals surface area contributed by atoms with Crippen LogP contribution in [0.3, 0.4) is 0 Å². The zero-order valence-electron chi connectivity index (χ0n) is 21.7. The van der Waals surface area contributed by atoms with E-state index < -0.39 is 34.1 Å². The van der Waals surface area contributed by atoms with Crippen molar-refractivity contribution in [3.05, 3.63) is 93.9 Å². The van der Waals surface area contributed by atoms with Crippen LogP contribution in [0, 0.1) is 0 Å². The molecular formula is C28H31BrClN3O4S. The van der Waals surface area contributed by atoms with Crippen molar-refractivity contribution in [1.29, 1.82) is 0 Å². The fourth-order valence-electron chi connectivity index (χ4n) is 3.70. The maximum Gasteiger partial charge on any atom is 0.264 e. The van der Waals surface area contributed by atoms with Crippen molar-refractivity contribution in [2.24, 2.45) is 0 Å². The lowest BCUT2D eigenvalue weighted by molar-refractivity contribution is -0.140. The lowest BCUT2D eigenvalue weighted by atomic mass is 10.1. The summed E-state index contributed by atoms with van der Waals surface area (Å²) in [4.78, 5) is 28.4. The van der Waals surface area contributed by atoms with Crippen LogP contribution in [-0.2, 0) is 26.2 Å². The zero-order chi connectivity index (χ0) is 28.1. The average Bonchev–Trinajstić information content (AvgIpc) is 2.86. The van der Waals surface area contributed by atoms with Crippen molar-refractivity contribution in [3.63, 3.8) is 0 Å². The molecular weight excluding hydrogens is 590 g/mol. The first-order valence-electron chi connectivity index (χ1n) is 12.0. The van der Waals surface area contributed by atoms with Gasteiger partial charge in [-0.2, -0.15) is 0 Å². The molecule has 0 saturated heterocycles. The van der Waals surface area contributed by atoms with E-state index >= 15 is 0 Å².